The summed E-state index contributed by atoms with van der Waals surface area (Å²) in [5.74, 6) is 0. The molecule has 2 aromatic carbocycles. The summed E-state index contributed by atoms with van der Waals surface area (Å²) in [5.41, 5.74) is 0. The molecule has 2 radical (unpaired) electrons. The molecule has 0 saturated carbocycles. The van der Waals surface area contributed by atoms with E-state index in [2.05, 4.69) is 86.9 Å². The van der Waals surface area contributed by atoms with Crippen molar-refractivity contribution in [3.8, 4) is 0 Å². The van der Waals surface area contributed by atoms with Crippen molar-refractivity contribution in [3.63, 3.8) is 0 Å². The summed E-state index contributed by atoms with van der Waals surface area (Å²) in [6.07, 6.45) is 0. The van der Waals surface area contributed by atoms with Gasteiger partial charge in [0.25, 0.3) is 0 Å². The van der Waals surface area contributed by atoms with Crippen molar-refractivity contribution in [2.75, 3.05) is 0 Å². The second-order valence-electron chi connectivity index (χ2n) is 6.04. The fourth-order valence-electron chi connectivity index (χ4n) is 2.03. The van der Waals surface area contributed by atoms with Crippen LogP contribution in [0, 0.1) is 0 Å². The van der Waals surface area contributed by atoms with Crippen molar-refractivity contribution < 1.29 is 5.53 Å². The molecule has 2 rings (SSSR count). The van der Waals surface area contributed by atoms with Gasteiger partial charge in [0, 0.05) is 0 Å². The van der Waals surface area contributed by atoms with Crippen molar-refractivity contribution >= 4 is 49.0 Å². The van der Waals surface area contributed by atoms with Gasteiger partial charge < -0.3 is 0 Å². The van der Waals surface area contributed by atoms with E-state index in [1.807, 2.05) is 0 Å². The molecule has 0 aliphatic heterocycles. The fourth-order valence-corrected chi connectivity index (χ4v) is 11.5. The first-order valence-electron chi connectivity index (χ1n) is 7.14. The zero-order chi connectivity index (χ0) is 15.3. The molecule has 0 aliphatic carbocycles. The molecule has 0 aliphatic rings. The molecule has 2 nitrogen and oxygen atoms in total. The summed E-state index contributed by atoms with van der Waals surface area (Å²) < 4.78 is 12.6. The summed E-state index contributed by atoms with van der Waals surface area (Å²) >= 11 is -1.26. The minimum atomic E-state index is -1.81. The summed E-state index contributed by atoms with van der Waals surface area (Å²) in [6, 6.07) is 21.1. The van der Waals surface area contributed by atoms with Crippen molar-refractivity contribution in [1.82, 2.24) is 0 Å². The molecule has 5 heteroatoms. The molecule has 0 spiro atoms. The van der Waals surface area contributed by atoms with Gasteiger partial charge in [0.05, 0.1) is 0 Å². The molecule has 2 aromatic rings. The van der Waals surface area contributed by atoms with Crippen LogP contribution in [0.2, 0.25) is 26.2 Å². The number of benzene rings is 2. The van der Waals surface area contributed by atoms with E-state index in [0.717, 1.165) is 0 Å². The van der Waals surface area contributed by atoms with Gasteiger partial charge in [0.2, 0.25) is 0 Å². The molecule has 110 valence electrons. The van der Waals surface area contributed by atoms with Crippen LogP contribution in [0.4, 0.5) is 0 Å². The summed E-state index contributed by atoms with van der Waals surface area (Å²) in [4.78, 5) is 0. The third-order valence-electron chi connectivity index (χ3n) is 3.53. The topological polar surface area (TPSA) is 18.5 Å². The molecule has 21 heavy (non-hydrogen) atoms. The normalized spacial score (nSPS) is 12.4. The Balaban J connectivity index is 1.95. The van der Waals surface area contributed by atoms with Gasteiger partial charge in [-0.3, -0.25) is 0 Å². The maximum absolute atomic E-state index is 6.29. The molecule has 0 amide bonds. The Morgan fingerprint density at radius 2 is 0.952 bits per heavy atom. The Kier molecular flexibility index (Phi) is 5.84. The van der Waals surface area contributed by atoms with Crippen LogP contribution < -0.4 is 10.4 Å². The standard InChI is InChI=1S/2C8H11OSi.Sn/c2*1-10(2,9)8-6-4-3-5-7-8;/h2*3-7H,1-2H3;/q2*-1;+2. The Morgan fingerprint density at radius 1 is 0.619 bits per heavy atom. The first kappa shape index (κ1) is 17.0. The zero-order valence-corrected chi connectivity index (χ0v) is 17.9. The van der Waals surface area contributed by atoms with E-state index >= 15 is 0 Å². The molecular formula is C16H22O2Si2Sn. The second kappa shape index (κ2) is 7.24. The predicted octanol–water partition coefficient (Wildman–Crippen LogP) is 2.78. The van der Waals surface area contributed by atoms with E-state index < -0.39 is 38.6 Å². The summed E-state index contributed by atoms with van der Waals surface area (Å²) in [5, 5.41) is 2.68. The van der Waals surface area contributed by atoms with Crippen LogP contribution in [0.25, 0.3) is 0 Å². The van der Waals surface area contributed by atoms with Crippen molar-refractivity contribution in [2.24, 2.45) is 0 Å². The van der Waals surface area contributed by atoms with Crippen molar-refractivity contribution in [3.05, 3.63) is 60.7 Å². The third kappa shape index (κ3) is 4.79. The van der Waals surface area contributed by atoms with Gasteiger partial charge in [-0.2, -0.15) is 0 Å². The zero-order valence-electron chi connectivity index (χ0n) is 13.1. The molecule has 0 N–H and O–H groups in total. The predicted molar refractivity (Wildman–Crippen MR) is 95.0 cm³/mol. The van der Waals surface area contributed by atoms with Gasteiger partial charge in [-0.1, -0.05) is 0 Å². The van der Waals surface area contributed by atoms with Crippen LogP contribution in [0.5, 0.6) is 0 Å². The van der Waals surface area contributed by atoms with Gasteiger partial charge in [-0.25, -0.2) is 0 Å². The van der Waals surface area contributed by atoms with Gasteiger partial charge in [0.1, 0.15) is 0 Å². The Labute approximate surface area is 141 Å². The Hall–Kier alpha value is -0.408. The van der Waals surface area contributed by atoms with Crippen LogP contribution in [-0.2, 0) is 5.53 Å². The maximum atomic E-state index is 6.29. The van der Waals surface area contributed by atoms with Gasteiger partial charge in [-0.05, 0) is 0 Å². The van der Waals surface area contributed by atoms with Gasteiger partial charge in [-0.15, -0.1) is 0 Å². The molecular weight excluding hydrogens is 399 g/mol. The molecule has 0 bridgehead atoms. The Bertz CT molecular complexity index is 508. The van der Waals surface area contributed by atoms with E-state index in [4.69, 9.17) is 5.53 Å². The first-order valence-corrected chi connectivity index (χ1v) is 15.3. The number of rotatable bonds is 6. The minimum absolute atomic E-state index is 1.26. The van der Waals surface area contributed by atoms with Crippen LogP contribution in [-0.4, -0.2) is 38.6 Å². The van der Waals surface area contributed by atoms with E-state index in [1.165, 1.54) is 10.4 Å². The molecule has 0 unspecified atom stereocenters. The average molecular weight is 421 g/mol. The van der Waals surface area contributed by atoms with Gasteiger partial charge >= 0.3 is 141 Å². The molecule has 0 saturated heterocycles. The van der Waals surface area contributed by atoms with Crippen LogP contribution in [0.3, 0.4) is 0 Å². The second-order valence-corrected chi connectivity index (χ2v) is 17.6. The molecule has 0 heterocycles. The van der Waals surface area contributed by atoms with Crippen molar-refractivity contribution in [1.29, 1.82) is 0 Å². The fraction of sp³-hybridized carbons (Fsp3) is 0.250. The summed E-state index contributed by atoms with van der Waals surface area (Å²) in [6.45, 7) is 9.01. The van der Waals surface area contributed by atoms with Crippen molar-refractivity contribution in [2.45, 2.75) is 26.2 Å². The Morgan fingerprint density at radius 3 is 1.29 bits per heavy atom. The average Bonchev–Trinajstić information content (AvgIpc) is 2.49. The quantitative estimate of drug-likeness (QED) is 0.669. The molecule has 0 aromatic heterocycles. The first-order chi connectivity index (χ1) is 9.92. The molecule has 0 fully saturated rings. The van der Waals surface area contributed by atoms with E-state index in [1.54, 1.807) is 0 Å². The van der Waals surface area contributed by atoms with Gasteiger partial charge in [0.15, 0.2) is 0 Å². The number of hydrogen-bond acceptors (Lipinski definition) is 2. The van der Waals surface area contributed by atoms with Crippen LogP contribution in [0.1, 0.15) is 0 Å². The van der Waals surface area contributed by atoms with E-state index in [9.17, 15) is 0 Å². The van der Waals surface area contributed by atoms with Crippen LogP contribution >= 0.6 is 0 Å². The SMILES string of the molecule is C[Si](C)([O][Sn][O][Si](C)(C)c1ccccc1)c1ccccc1. The number of hydrogen-bond donors (Lipinski definition) is 0. The molecule has 0 atom stereocenters. The summed E-state index contributed by atoms with van der Waals surface area (Å²) in [7, 11) is -3.61. The van der Waals surface area contributed by atoms with E-state index in [-0.39, 0.29) is 0 Å². The third-order valence-corrected chi connectivity index (χ3v) is 18.3. The monoisotopic (exact) mass is 422 g/mol. The van der Waals surface area contributed by atoms with Crippen LogP contribution in [0.15, 0.2) is 60.7 Å². The van der Waals surface area contributed by atoms with E-state index in [0.29, 0.717) is 0 Å².